The van der Waals surface area contributed by atoms with E-state index in [0.29, 0.717) is 5.75 Å². The molecular formula is C19H26N2O4S. The minimum Gasteiger partial charge on any atom is -0.495 e. The minimum atomic E-state index is -3.70. The predicted molar refractivity (Wildman–Crippen MR) is 99.9 cm³/mol. The standard InChI is InChI=1S/C19H26N2O4S/c1-14-11-18(24-3)19(12-15(14)2)26(22,23)20-13-16(17-7-6-10-25-17)21-8-4-5-9-21/h6-7,10-12,16,20H,4-5,8-9,13H2,1-3H3. The first-order valence-corrected chi connectivity index (χ1v) is 10.3. The van der Waals surface area contributed by atoms with Crippen molar-refractivity contribution in [3.63, 3.8) is 0 Å². The summed E-state index contributed by atoms with van der Waals surface area (Å²) in [5.74, 6) is 1.14. The summed E-state index contributed by atoms with van der Waals surface area (Å²) in [5, 5.41) is 0. The van der Waals surface area contributed by atoms with Crippen molar-refractivity contribution in [3.05, 3.63) is 47.4 Å². The zero-order valence-corrected chi connectivity index (χ0v) is 16.3. The molecular weight excluding hydrogens is 352 g/mol. The van der Waals surface area contributed by atoms with Crippen molar-refractivity contribution in [2.45, 2.75) is 37.6 Å². The smallest absolute Gasteiger partial charge is 0.244 e. The summed E-state index contributed by atoms with van der Waals surface area (Å²) in [6, 6.07) is 7.04. The highest BCUT2D eigenvalue weighted by Gasteiger charge is 2.28. The molecule has 0 aliphatic carbocycles. The normalized spacial score (nSPS) is 16.7. The number of nitrogens with one attached hydrogen (secondary N) is 1. The Kier molecular flexibility index (Phi) is 5.70. The number of hydrogen-bond donors (Lipinski definition) is 1. The van der Waals surface area contributed by atoms with Gasteiger partial charge in [0.1, 0.15) is 16.4 Å². The highest BCUT2D eigenvalue weighted by Crippen LogP contribution is 2.29. The highest BCUT2D eigenvalue weighted by molar-refractivity contribution is 7.89. The molecule has 1 aliphatic rings. The van der Waals surface area contributed by atoms with Gasteiger partial charge in [0.15, 0.2) is 0 Å². The Hall–Kier alpha value is -1.83. The average Bonchev–Trinajstić information content (AvgIpc) is 3.31. The summed E-state index contributed by atoms with van der Waals surface area (Å²) in [7, 11) is -2.22. The van der Waals surface area contributed by atoms with Gasteiger partial charge < -0.3 is 9.15 Å². The zero-order valence-electron chi connectivity index (χ0n) is 15.5. The molecule has 1 aromatic carbocycles. The van der Waals surface area contributed by atoms with E-state index < -0.39 is 10.0 Å². The number of hydrogen-bond acceptors (Lipinski definition) is 5. The third kappa shape index (κ3) is 3.95. The number of nitrogens with zero attached hydrogens (tertiary/aromatic N) is 1. The van der Waals surface area contributed by atoms with Crippen LogP contribution in [0.4, 0.5) is 0 Å². The fraction of sp³-hybridized carbons (Fsp3) is 0.474. The molecule has 1 saturated heterocycles. The van der Waals surface area contributed by atoms with Gasteiger partial charge in [-0.1, -0.05) is 0 Å². The number of aryl methyl sites for hydroxylation is 2. The van der Waals surface area contributed by atoms with E-state index in [1.165, 1.54) is 7.11 Å². The van der Waals surface area contributed by atoms with Gasteiger partial charge >= 0.3 is 0 Å². The molecule has 2 aromatic rings. The summed E-state index contributed by atoms with van der Waals surface area (Å²) in [6.45, 7) is 5.97. The fourth-order valence-electron chi connectivity index (χ4n) is 3.34. The van der Waals surface area contributed by atoms with Crippen LogP contribution in [-0.2, 0) is 10.0 Å². The number of likely N-dealkylation sites (tertiary alicyclic amines) is 1. The Morgan fingerprint density at radius 3 is 2.54 bits per heavy atom. The van der Waals surface area contributed by atoms with Crippen molar-refractivity contribution >= 4 is 10.0 Å². The van der Waals surface area contributed by atoms with Crippen LogP contribution < -0.4 is 9.46 Å². The van der Waals surface area contributed by atoms with Crippen molar-refractivity contribution in [2.75, 3.05) is 26.7 Å². The van der Waals surface area contributed by atoms with Crippen molar-refractivity contribution in [1.29, 1.82) is 0 Å². The largest absolute Gasteiger partial charge is 0.495 e. The Morgan fingerprint density at radius 2 is 1.92 bits per heavy atom. The first-order chi connectivity index (χ1) is 12.4. The minimum absolute atomic E-state index is 0.111. The molecule has 142 valence electrons. The molecule has 0 spiro atoms. The first kappa shape index (κ1) is 18.9. The van der Waals surface area contributed by atoms with E-state index in [1.54, 1.807) is 18.4 Å². The molecule has 1 fully saturated rings. The number of methoxy groups -OCH3 is 1. The van der Waals surface area contributed by atoms with Crippen LogP contribution >= 0.6 is 0 Å². The van der Waals surface area contributed by atoms with Gasteiger partial charge in [-0.15, -0.1) is 0 Å². The van der Waals surface area contributed by atoms with Crippen molar-refractivity contribution in [1.82, 2.24) is 9.62 Å². The summed E-state index contributed by atoms with van der Waals surface area (Å²) in [6.07, 6.45) is 3.86. The van der Waals surface area contributed by atoms with Crippen LogP contribution in [0.5, 0.6) is 5.75 Å². The summed E-state index contributed by atoms with van der Waals surface area (Å²) in [4.78, 5) is 2.43. The number of furan rings is 1. The molecule has 1 aromatic heterocycles. The second kappa shape index (κ2) is 7.82. The van der Waals surface area contributed by atoms with Crippen molar-refractivity contribution in [3.8, 4) is 5.75 Å². The average molecular weight is 378 g/mol. The van der Waals surface area contributed by atoms with Gasteiger partial charge in [0.2, 0.25) is 10.0 Å². The maximum Gasteiger partial charge on any atom is 0.244 e. The van der Waals surface area contributed by atoms with Gasteiger partial charge in [0.05, 0.1) is 19.4 Å². The van der Waals surface area contributed by atoms with Crippen LogP contribution in [0.3, 0.4) is 0 Å². The molecule has 26 heavy (non-hydrogen) atoms. The van der Waals surface area contributed by atoms with E-state index in [1.807, 2.05) is 26.0 Å². The summed E-state index contributed by atoms with van der Waals surface area (Å²) < 4.78 is 39.5. The van der Waals surface area contributed by atoms with E-state index in [0.717, 1.165) is 42.8 Å². The molecule has 0 amide bonds. The maximum absolute atomic E-state index is 12.9. The van der Waals surface area contributed by atoms with Crippen LogP contribution in [0.15, 0.2) is 39.8 Å². The Morgan fingerprint density at radius 1 is 1.23 bits per heavy atom. The van der Waals surface area contributed by atoms with Gasteiger partial charge in [-0.05, 0) is 75.2 Å². The molecule has 1 unspecified atom stereocenters. The number of ether oxygens (including phenoxy) is 1. The fourth-order valence-corrected chi connectivity index (χ4v) is 4.61. The first-order valence-electron chi connectivity index (χ1n) is 8.84. The monoisotopic (exact) mass is 378 g/mol. The lowest BCUT2D eigenvalue weighted by molar-refractivity contribution is 0.216. The van der Waals surface area contributed by atoms with Gasteiger partial charge in [0, 0.05) is 6.54 Å². The van der Waals surface area contributed by atoms with Crippen LogP contribution in [0, 0.1) is 13.8 Å². The van der Waals surface area contributed by atoms with Gasteiger partial charge in [0.25, 0.3) is 0 Å². The lowest BCUT2D eigenvalue weighted by atomic mass is 10.1. The zero-order chi connectivity index (χ0) is 18.7. The lowest BCUT2D eigenvalue weighted by Crippen LogP contribution is -2.36. The van der Waals surface area contributed by atoms with Crippen molar-refractivity contribution in [2.24, 2.45) is 0 Å². The third-order valence-corrected chi connectivity index (χ3v) is 6.43. The van der Waals surface area contributed by atoms with Gasteiger partial charge in [-0.2, -0.15) is 0 Å². The van der Waals surface area contributed by atoms with Crippen LogP contribution in [0.1, 0.15) is 35.8 Å². The molecule has 2 heterocycles. The highest BCUT2D eigenvalue weighted by atomic mass is 32.2. The van der Waals surface area contributed by atoms with E-state index in [-0.39, 0.29) is 17.5 Å². The molecule has 0 radical (unpaired) electrons. The van der Waals surface area contributed by atoms with E-state index >= 15 is 0 Å². The van der Waals surface area contributed by atoms with Crippen LogP contribution in [0.2, 0.25) is 0 Å². The molecule has 0 saturated carbocycles. The van der Waals surface area contributed by atoms with Gasteiger partial charge in [-0.3, -0.25) is 4.90 Å². The van der Waals surface area contributed by atoms with E-state index in [2.05, 4.69) is 9.62 Å². The van der Waals surface area contributed by atoms with Crippen molar-refractivity contribution < 1.29 is 17.6 Å². The molecule has 3 rings (SSSR count). The van der Waals surface area contributed by atoms with Crippen LogP contribution in [0.25, 0.3) is 0 Å². The molecule has 1 aliphatic heterocycles. The SMILES string of the molecule is COc1cc(C)c(C)cc1S(=O)(=O)NCC(c1ccco1)N1CCCC1. The second-order valence-corrected chi connectivity index (χ2v) is 8.45. The molecule has 1 N–H and O–H groups in total. The maximum atomic E-state index is 12.9. The molecule has 1 atom stereocenters. The summed E-state index contributed by atoms with van der Waals surface area (Å²) in [5.41, 5.74) is 1.90. The van der Waals surface area contributed by atoms with E-state index in [4.69, 9.17) is 9.15 Å². The molecule has 0 bridgehead atoms. The van der Waals surface area contributed by atoms with Gasteiger partial charge in [-0.25, -0.2) is 13.1 Å². The number of sulfonamides is 1. The topological polar surface area (TPSA) is 71.8 Å². The number of benzene rings is 1. The third-order valence-electron chi connectivity index (χ3n) is 4.99. The van der Waals surface area contributed by atoms with E-state index in [9.17, 15) is 8.42 Å². The Balaban J connectivity index is 1.83. The second-order valence-electron chi connectivity index (χ2n) is 6.71. The predicted octanol–water partition coefficient (Wildman–Crippen LogP) is 3.02. The Bertz CT molecular complexity index is 841. The lowest BCUT2D eigenvalue weighted by Gasteiger charge is -2.26. The molecule has 6 nitrogen and oxygen atoms in total. The molecule has 7 heteroatoms. The number of rotatable bonds is 7. The quantitative estimate of drug-likeness (QED) is 0.802. The Labute approximate surface area is 155 Å². The summed E-state index contributed by atoms with van der Waals surface area (Å²) >= 11 is 0. The van der Waals surface area contributed by atoms with Crippen LogP contribution in [-0.4, -0.2) is 40.1 Å².